The molecule has 1 atom stereocenters. The van der Waals surface area contributed by atoms with Gasteiger partial charge in [0.2, 0.25) is 0 Å². The molecule has 110 valence electrons. The summed E-state index contributed by atoms with van der Waals surface area (Å²) in [4.78, 5) is 5.43. The van der Waals surface area contributed by atoms with Crippen LogP contribution in [0.4, 0.5) is 8.78 Å². The summed E-state index contributed by atoms with van der Waals surface area (Å²) in [7, 11) is 1.79. The summed E-state index contributed by atoms with van der Waals surface area (Å²) < 4.78 is 29.0. The van der Waals surface area contributed by atoms with Crippen LogP contribution >= 0.6 is 27.3 Å². The molecular formula is C14H12BrF2N3S. The minimum Gasteiger partial charge on any atom is -0.313 e. The van der Waals surface area contributed by atoms with Crippen molar-refractivity contribution in [1.82, 2.24) is 14.7 Å². The Balaban J connectivity index is 1.91. The van der Waals surface area contributed by atoms with E-state index in [0.29, 0.717) is 12.0 Å². The fraction of sp³-hybridized carbons (Fsp3) is 0.214. The smallest absolute Gasteiger partial charge is 0.193 e. The maximum atomic E-state index is 13.7. The first-order valence-electron chi connectivity index (χ1n) is 6.32. The number of halogens is 3. The summed E-state index contributed by atoms with van der Waals surface area (Å²) in [5.74, 6) is -1.72. The Morgan fingerprint density at radius 1 is 1.43 bits per heavy atom. The van der Waals surface area contributed by atoms with Crippen molar-refractivity contribution in [2.45, 2.75) is 12.5 Å². The first kappa shape index (κ1) is 14.6. The molecule has 0 saturated carbocycles. The second-order valence-electron chi connectivity index (χ2n) is 4.64. The topological polar surface area (TPSA) is 29.3 Å². The molecule has 0 bridgehead atoms. The van der Waals surface area contributed by atoms with Gasteiger partial charge in [0.15, 0.2) is 16.6 Å². The Bertz CT molecular complexity index is 755. The molecule has 0 saturated heterocycles. The third kappa shape index (κ3) is 2.73. The van der Waals surface area contributed by atoms with Crippen molar-refractivity contribution in [2.24, 2.45) is 0 Å². The zero-order valence-corrected chi connectivity index (χ0v) is 13.5. The van der Waals surface area contributed by atoms with Gasteiger partial charge in [-0.25, -0.2) is 13.8 Å². The lowest BCUT2D eigenvalue weighted by molar-refractivity contribution is 0.495. The van der Waals surface area contributed by atoms with Crippen LogP contribution < -0.4 is 5.32 Å². The van der Waals surface area contributed by atoms with Gasteiger partial charge in [-0.1, -0.05) is 6.07 Å². The van der Waals surface area contributed by atoms with Gasteiger partial charge in [0.25, 0.3) is 0 Å². The van der Waals surface area contributed by atoms with E-state index in [2.05, 4.69) is 26.2 Å². The Labute approximate surface area is 132 Å². The molecule has 1 aromatic carbocycles. The number of aromatic nitrogens is 2. The van der Waals surface area contributed by atoms with E-state index in [9.17, 15) is 8.78 Å². The van der Waals surface area contributed by atoms with E-state index in [0.717, 1.165) is 16.7 Å². The molecule has 1 unspecified atom stereocenters. The summed E-state index contributed by atoms with van der Waals surface area (Å²) in [6, 6.07) is 2.58. The molecule has 3 rings (SSSR count). The Morgan fingerprint density at radius 2 is 2.24 bits per heavy atom. The average Bonchev–Trinajstić information content (AvgIpc) is 3.04. The molecule has 0 aliphatic heterocycles. The van der Waals surface area contributed by atoms with Crippen LogP contribution in [-0.2, 0) is 6.42 Å². The summed E-state index contributed by atoms with van der Waals surface area (Å²) in [5, 5.41) is 5.09. The zero-order chi connectivity index (χ0) is 15.0. The number of benzene rings is 1. The predicted octanol–water partition coefficient (Wildman–Crippen LogP) is 3.94. The van der Waals surface area contributed by atoms with Crippen LogP contribution in [-0.4, -0.2) is 16.4 Å². The number of nitrogens with one attached hydrogen (secondary N) is 1. The van der Waals surface area contributed by atoms with Gasteiger partial charge in [0, 0.05) is 30.2 Å². The molecule has 0 amide bonds. The van der Waals surface area contributed by atoms with Crippen LogP contribution in [0.2, 0.25) is 0 Å². The molecule has 2 heterocycles. The van der Waals surface area contributed by atoms with Crippen molar-refractivity contribution in [3.8, 4) is 0 Å². The highest BCUT2D eigenvalue weighted by molar-refractivity contribution is 9.10. The van der Waals surface area contributed by atoms with Gasteiger partial charge in [-0.05, 0) is 34.6 Å². The number of imidazole rings is 1. The van der Waals surface area contributed by atoms with Crippen molar-refractivity contribution >= 4 is 32.2 Å². The van der Waals surface area contributed by atoms with E-state index < -0.39 is 11.6 Å². The molecule has 0 aliphatic carbocycles. The molecule has 2 aromatic heterocycles. The summed E-state index contributed by atoms with van der Waals surface area (Å²) >= 11 is 4.69. The SMILES string of the molecule is CNC(Cc1cn2ccsc2n1)c1ccc(F)c(F)c1Br. The second kappa shape index (κ2) is 5.82. The summed E-state index contributed by atoms with van der Waals surface area (Å²) in [6.07, 6.45) is 4.48. The molecule has 0 radical (unpaired) electrons. The van der Waals surface area contributed by atoms with E-state index in [-0.39, 0.29) is 10.5 Å². The third-order valence-corrected chi connectivity index (χ3v) is 4.92. The van der Waals surface area contributed by atoms with E-state index in [1.807, 2.05) is 22.2 Å². The van der Waals surface area contributed by atoms with Crippen LogP contribution in [0.1, 0.15) is 17.3 Å². The van der Waals surface area contributed by atoms with Gasteiger partial charge >= 0.3 is 0 Å². The third-order valence-electron chi connectivity index (χ3n) is 3.35. The van der Waals surface area contributed by atoms with Crippen molar-refractivity contribution in [3.63, 3.8) is 0 Å². The van der Waals surface area contributed by atoms with E-state index in [4.69, 9.17) is 0 Å². The Morgan fingerprint density at radius 3 is 2.95 bits per heavy atom. The van der Waals surface area contributed by atoms with Gasteiger partial charge < -0.3 is 5.32 Å². The van der Waals surface area contributed by atoms with Gasteiger partial charge in [-0.3, -0.25) is 4.40 Å². The fourth-order valence-electron chi connectivity index (χ4n) is 2.26. The molecule has 0 aliphatic rings. The number of likely N-dealkylation sites (N-methyl/N-ethyl adjacent to an activating group) is 1. The highest BCUT2D eigenvalue weighted by Crippen LogP contribution is 2.29. The molecule has 0 fully saturated rings. The van der Waals surface area contributed by atoms with Crippen molar-refractivity contribution in [2.75, 3.05) is 7.05 Å². The van der Waals surface area contributed by atoms with Crippen molar-refractivity contribution in [3.05, 3.63) is 57.3 Å². The molecule has 3 nitrogen and oxygen atoms in total. The van der Waals surface area contributed by atoms with Crippen molar-refractivity contribution < 1.29 is 8.78 Å². The lowest BCUT2D eigenvalue weighted by Gasteiger charge is -2.17. The molecular weight excluding hydrogens is 360 g/mol. The van der Waals surface area contributed by atoms with Gasteiger partial charge in [-0.15, -0.1) is 11.3 Å². The predicted molar refractivity (Wildman–Crippen MR) is 82.6 cm³/mol. The number of hydrogen-bond acceptors (Lipinski definition) is 3. The van der Waals surface area contributed by atoms with Crippen LogP contribution in [0, 0.1) is 11.6 Å². The van der Waals surface area contributed by atoms with Gasteiger partial charge in [-0.2, -0.15) is 0 Å². The van der Waals surface area contributed by atoms with Crippen LogP contribution in [0.25, 0.3) is 4.96 Å². The maximum absolute atomic E-state index is 13.7. The second-order valence-corrected chi connectivity index (χ2v) is 6.30. The normalized spacial score (nSPS) is 13.0. The van der Waals surface area contributed by atoms with Crippen LogP contribution in [0.3, 0.4) is 0 Å². The van der Waals surface area contributed by atoms with Gasteiger partial charge in [0.1, 0.15) is 0 Å². The van der Waals surface area contributed by atoms with Crippen molar-refractivity contribution in [1.29, 1.82) is 0 Å². The number of nitrogens with zero attached hydrogens (tertiary/aromatic N) is 2. The van der Waals surface area contributed by atoms with E-state index >= 15 is 0 Å². The molecule has 0 spiro atoms. The lowest BCUT2D eigenvalue weighted by Crippen LogP contribution is -2.20. The van der Waals surface area contributed by atoms with Gasteiger partial charge in [0.05, 0.1) is 10.2 Å². The molecule has 7 heteroatoms. The summed E-state index contributed by atoms with van der Waals surface area (Å²) in [6.45, 7) is 0. The largest absolute Gasteiger partial charge is 0.313 e. The first-order chi connectivity index (χ1) is 10.1. The monoisotopic (exact) mass is 371 g/mol. The number of hydrogen-bond donors (Lipinski definition) is 1. The van der Waals surface area contributed by atoms with E-state index in [1.165, 1.54) is 0 Å². The standard InChI is InChI=1S/C14H12BrF2N3S/c1-18-11(9-2-3-10(16)13(17)12(9)15)6-8-7-20-4-5-21-14(20)19-8/h2-5,7,11,18H,6H2,1H3. The molecule has 1 N–H and O–H groups in total. The number of thiazole rings is 1. The quantitative estimate of drug-likeness (QED) is 0.703. The highest BCUT2D eigenvalue weighted by Gasteiger charge is 2.19. The molecule has 3 aromatic rings. The van der Waals surface area contributed by atoms with E-state index in [1.54, 1.807) is 24.5 Å². The minimum atomic E-state index is -0.862. The lowest BCUT2D eigenvalue weighted by atomic mass is 10.0. The first-order valence-corrected chi connectivity index (χ1v) is 7.99. The minimum absolute atomic E-state index is 0.154. The average molecular weight is 372 g/mol. The number of fused-ring (bicyclic) bond motifs is 1. The fourth-order valence-corrected chi connectivity index (χ4v) is 3.58. The van der Waals surface area contributed by atoms with Crippen LogP contribution in [0.15, 0.2) is 34.4 Å². The Hall–Kier alpha value is -1.31. The highest BCUT2D eigenvalue weighted by atomic mass is 79.9. The maximum Gasteiger partial charge on any atom is 0.193 e. The van der Waals surface area contributed by atoms with Crippen LogP contribution in [0.5, 0.6) is 0 Å². The Kier molecular flexibility index (Phi) is 4.05. The number of rotatable bonds is 4. The molecule has 21 heavy (non-hydrogen) atoms. The zero-order valence-electron chi connectivity index (χ0n) is 11.1. The summed E-state index contributed by atoms with van der Waals surface area (Å²) in [5.41, 5.74) is 1.57.